The van der Waals surface area contributed by atoms with Crippen LogP contribution >= 0.6 is 0 Å². The summed E-state index contributed by atoms with van der Waals surface area (Å²) in [5.41, 5.74) is 3.31. The van der Waals surface area contributed by atoms with Gasteiger partial charge in [-0.3, -0.25) is 9.48 Å². The zero-order valence-electron chi connectivity index (χ0n) is 19.6. The standard InChI is InChI=1S/C22H39N5O3S/c1-18(2)17-27-20(4)21(19(3)23-27)9-10-22(28)24-13-15-26(16-14-24)31(29,30)25-11-7-5-6-8-12-25/h18H,5-17H2,1-4H3. The Bertz CT molecular complexity index is 849. The van der Waals surface area contributed by atoms with Crippen LogP contribution in [0.1, 0.15) is 62.9 Å². The number of aryl methyl sites for hydroxylation is 1. The first-order valence-electron chi connectivity index (χ1n) is 11.8. The fourth-order valence-electron chi connectivity index (χ4n) is 4.61. The van der Waals surface area contributed by atoms with Gasteiger partial charge in [-0.1, -0.05) is 26.7 Å². The quantitative estimate of drug-likeness (QED) is 0.635. The van der Waals surface area contributed by atoms with E-state index >= 15 is 0 Å². The van der Waals surface area contributed by atoms with Crippen LogP contribution in [0.5, 0.6) is 0 Å². The average molecular weight is 454 g/mol. The molecule has 8 nitrogen and oxygen atoms in total. The number of hydrogen-bond donors (Lipinski definition) is 0. The second-order valence-corrected chi connectivity index (χ2v) is 11.3. The van der Waals surface area contributed by atoms with Crippen molar-refractivity contribution < 1.29 is 13.2 Å². The highest BCUT2D eigenvalue weighted by atomic mass is 32.2. The first-order valence-corrected chi connectivity index (χ1v) is 13.2. The van der Waals surface area contributed by atoms with Crippen LogP contribution in [0.15, 0.2) is 0 Å². The predicted octanol–water partition coefficient (Wildman–Crippen LogP) is 2.35. The molecule has 2 fully saturated rings. The molecule has 3 rings (SSSR count). The van der Waals surface area contributed by atoms with Gasteiger partial charge in [-0.2, -0.15) is 22.1 Å². The van der Waals surface area contributed by atoms with E-state index in [1.807, 2.05) is 16.5 Å². The highest BCUT2D eigenvalue weighted by Gasteiger charge is 2.33. The van der Waals surface area contributed by atoms with Gasteiger partial charge in [0.25, 0.3) is 10.2 Å². The van der Waals surface area contributed by atoms with Crippen LogP contribution in [-0.2, 0) is 28.0 Å². The first-order chi connectivity index (χ1) is 14.7. The zero-order valence-corrected chi connectivity index (χ0v) is 20.5. The molecule has 0 saturated carbocycles. The van der Waals surface area contributed by atoms with Gasteiger partial charge in [-0.15, -0.1) is 0 Å². The minimum Gasteiger partial charge on any atom is -0.340 e. The van der Waals surface area contributed by atoms with E-state index < -0.39 is 10.2 Å². The average Bonchev–Trinajstić information content (AvgIpc) is 2.93. The van der Waals surface area contributed by atoms with E-state index in [1.54, 1.807) is 8.61 Å². The molecule has 3 heterocycles. The second kappa shape index (κ2) is 10.4. The van der Waals surface area contributed by atoms with Crippen LogP contribution in [0.3, 0.4) is 0 Å². The molecule has 0 bridgehead atoms. The van der Waals surface area contributed by atoms with Crippen molar-refractivity contribution in [2.45, 2.75) is 72.8 Å². The summed E-state index contributed by atoms with van der Waals surface area (Å²) in [5, 5.41) is 4.64. The minimum atomic E-state index is -3.41. The topological polar surface area (TPSA) is 78.8 Å². The number of carbonyl (C=O) groups excluding carboxylic acids is 1. The highest BCUT2D eigenvalue weighted by Crippen LogP contribution is 2.20. The molecule has 1 aromatic heterocycles. The molecule has 0 atom stereocenters. The maximum atomic E-state index is 13.0. The van der Waals surface area contributed by atoms with Gasteiger partial charge in [0.15, 0.2) is 0 Å². The predicted molar refractivity (Wildman–Crippen MR) is 122 cm³/mol. The van der Waals surface area contributed by atoms with Crippen LogP contribution in [0, 0.1) is 19.8 Å². The molecule has 0 radical (unpaired) electrons. The summed E-state index contributed by atoms with van der Waals surface area (Å²) < 4.78 is 31.2. The summed E-state index contributed by atoms with van der Waals surface area (Å²) >= 11 is 0. The van der Waals surface area contributed by atoms with Gasteiger partial charge in [0.2, 0.25) is 5.91 Å². The fraction of sp³-hybridized carbons (Fsp3) is 0.818. The molecule has 1 aromatic rings. The van der Waals surface area contributed by atoms with Crippen molar-refractivity contribution in [3.05, 3.63) is 17.0 Å². The lowest BCUT2D eigenvalue weighted by Crippen LogP contribution is -2.54. The summed E-state index contributed by atoms with van der Waals surface area (Å²) in [6.45, 7) is 12.3. The van der Waals surface area contributed by atoms with E-state index in [0.29, 0.717) is 58.0 Å². The highest BCUT2D eigenvalue weighted by molar-refractivity contribution is 7.86. The summed E-state index contributed by atoms with van der Waals surface area (Å²) in [7, 11) is -3.41. The number of carbonyl (C=O) groups is 1. The lowest BCUT2D eigenvalue weighted by Gasteiger charge is -2.36. The third kappa shape index (κ3) is 5.87. The van der Waals surface area contributed by atoms with Gasteiger partial charge in [-0.25, -0.2) is 0 Å². The van der Waals surface area contributed by atoms with E-state index in [-0.39, 0.29) is 5.91 Å². The summed E-state index contributed by atoms with van der Waals surface area (Å²) in [6.07, 6.45) is 5.19. The number of piperazine rings is 1. The lowest BCUT2D eigenvalue weighted by molar-refractivity contribution is -0.132. The molecule has 0 aromatic carbocycles. The Balaban J connectivity index is 1.52. The molecule has 0 aliphatic carbocycles. The van der Waals surface area contributed by atoms with Crippen molar-refractivity contribution in [3.63, 3.8) is 0 Å². The van der Waals surface area contributed by atoms with Crippen LogP contribution in [0.25, 0.3) is 0 Å². The molecule has 0 spiro atoms. The van der Waals surface area contributed by atoms with Crippen molar-refractivity contribution in [3.8, 4) is 0 Å². The third-order valence-corrected chi connectivity index (χ3v) is 8.50. The van der Waals surface area contributed by atoms with Crippen molar-refractivity contribution in [2.24, 2.45) is 5.92 Å². The van der Waals surface area contributed by atoms with Crippen LogP contribution < -0.4 is 0 Å². The Morgan fingerprint density at radius 3 is 2.10 bits per heavy atom. The summed E-state index contributed by atoms with van der Waals surface area (Å²) in [5.74, 6) is 0.622. The SMILES string of the molecule is Cc1nn(CC(C)C)c(C)c1CCC(=O)N1CCN(S(=O)(=O)N2CCCCCC2)CC1. The molecule has 0 unspecified atom stereocenters. The van der Waals surface area contributed by atoms with E-state index in [2.05, 4.69) is 25.9 Å². The smallest absolute Gasteiger partial charge is 0.282 e. The van der Waals surface area contributed by atoms with Gasteiger partial charge in [-0.05, 0) is 44.6 Å². The summed E-state index contributed by atoms with van der Waals surface area (Å²) in [4.78, 5) is 14.6. The monoisotopic (exact) mass is 453 g/mol. The van der Waals surface area contributed by atoms with Crippen molar-refractivity contribution in [2.75, 3.05) is 39.3 Å². The van der Waals surface area contributed by atoms with E-state index in [4.69, 9.17) is 0 Å². The van der Waals surface area contributed by atoms with Crippen molar-refractivity contribution >= 4 is 16.1 Å². The number of nitrogens with zero attached hydrogens (tertiary/aromatic N) is 5. The molecule has 176 valence electrons. The van der Waals surface area contributed by atoms with Gasteiger partial charge >= 0.3 is 0 Å². The molecule has 1 amide bonds. The second-order valence-electron chi connectivity index (χ2n) is 9.33. The third-order valence-electron chi connectivity index (χ3n) is 6.47. The van der Waals surface area contributed by atoms with Crippen LogP contribution in [0.4, 0.5) is 0 Å². The van der Waals surface area contributed by atoms with Crippen molar-refractivity contribution in [1.29, 1.82) is 0 Å². The number of rotatable bonds is 7. The molecular weight excluding hydrogens is 414 g/mol. The maximum absolute atomic E-state index is 13.0. The van der Waals surface area contributed by atoms with Gasteiger partial charge in [0.1, 0.15) is 0 Å². The molecule has 2 saturated heterocycles. The fourth-order valence-corrected chi connectivity index (χ4v) is 6.28. The Labute approximate surface area is 187 Å². The van der Waals surface area contributed by atoms with Gasteiger partial charge in [0.05, 0.1) is 5.69 Å². The molecular formula is C22H39N5O3S. The maximum Gasteiger partial charge on any atom is 0.282 e. The first kappa shape index (κ1) is 24.2. The summed E-state index contributed by atoms with van der Waals surface area (Å²) in [6, 6.07) is 0. The van der Waals surface area contributed by atoms with Gasteiger partial charge < -0.3 is 4.90 Å². The van der Waals surface area contributed by atoms with E-state index in [1.165, 1.54) is 0 Å². The Morgan fingerprint density at radius 2 is 1.52 bits per heavy atom. The Morgan fingerprint density at radius 1 is 0.935 bits per heavy atom. The van der Waals surface area contributed by atoms with Gasteiger partial charge in [0, 0.05) is 57.9 Å². The minimum absolute atomic E-state index is 0.0993. The van der Waals surface area contributed by atoms with E-state index in [9.17, 15) is 13.2 Å². The Kier molecular flexibility index (Phi) is 8.15. The van der Waals surface area contributed by atoms with Crippen LogP contribution in [-0.4, -0.2) is 76.9 Å². The number of aromatic nitrogens is 2. The van der Waals surface area contributed by atoms with Crippen LogP contribution in [0.2, 0.25) is 0 Å². The van der Waals surface area contributed by atoms with Crippen molar-refractivity contribution in [1.82, 2.24) is 23.3 Å². The zero-order chi connectivity index (χ0) is 22.6. The molecule has 2 aliphatic heterocycles. The molecule has 9 heteroatoms. The number of hydrogen-bond acceptors (Lipinski definition) is 4. The molecule has 0 N–H and O–H groups in total. The largest absolute Gasteiger partial charge is 0.340 e. The molecule has 31 heavy (non-hydrogen) atoms. The van der Waals surface area contributed by atoms with E-state index in [0.717, 1.165) is 49.2 Å². The Hall–Kier alpha value is -1.45. The number of amides is 1. The normalized spacial score (nSPS) is 19.7. The molecule has 2 aliphatic rings. The lowest BCUT2D eigenvalue weighted by atomic mass is 10.1.